The van der Waals surface area contributed by atoms with Crippen molar-refractivity contribution >= 4 is 11.6 Å². The summed E-state index contributed by atoms with van der Waals surface area (Å²) in [6.07, 6.45) is -0.932. The third kappa shape index (κ3) is 2.31. The monoisotopic (exact) mass is 208 g/mol. The van der Waals surface area contributed by atoms with E-state index in [0.29, 0.717) is 10.6 Å². The topological polar surface area (TPSA) is 97.5 Å². The largest absolute Gasteiger partial charge is 0.142 e. The van der Waals surface area contributed by atoms with E-state index in [9.17, 15) is 0 Å². The molecule has 1 aromatic carbocycles. The van der Waals surface area contributed by atoms with Crippen LogP contribution in [0, 0.1) is 0 Å². The average Bonchev–Trinajstić information content (AvgIpc) is 2.18. The number of benzene rings is 1. The fourth-order valence-corrected chi connectivity index (χ4v) is 1.16. The van der Waals surface area contributed by atoms with Gasteiger partial charge in [-0.25, -0.2) is 0 Å². The highest BCUT2D eigenvalue weighted by atomic mass is 35.5. The van der Waals surface area contributed by atoms with Gasteiger partial charge in [0.1, 0.15) is 6.17 Å². The molecule has 0 aromatic heterocycles. The van der Waals surface area contributed by atoms with Crippen LogP contribution in [0.2, 0.25) is 5.02 Å². The van der Waals surface area contributed by atoms with Crippen molar-refractivity contribution in [2.75, 3.05) is 0 Å². The van der Waals surface area contributed by atoms with Crippen molar-refractivity contribution in [3.05, 3.63) is 55.7 Å². The standard InChI is InChI=1S/C7H5ClN6/c8-6-4-2-1-3-5(6)7(11-13-9)12-14-10/h1-4,7H. The maximum absolute atomic E-state index is 8.25. The summed E-state index contributed by atoms with van der Waals surface area (Å²) in [4.78, 5) is 5.15. The lowest BCUT2D eigenvalue weighted by Crippen LogP contribution is -1.89. The molecule has 14 heavy (non-hydrogen) atoms. The third-order valence-corrected chi connectivity index (χ3v) is 1.85. The van der Waals surface area contributed by atoms with Crippen LogP contribution in [-0.2, 0) is 0 Å². The van der Waals surface area contributed by atoms with E-state index in [2.05, 4.69) is 20.1 Å². The second kappa shape index (κ2) is 4.99. The zero-order valence-corrected chi connectivity index (χ0v) is 7.70. The lowest BCUT2D eigenvalue weighted by Gasteiger charge is -2.05. The molecule has 0 heterocycles. The Balaban J connectivity index is 3.17. The smallest absolute Gasteiger partial charge is 0.0840 e. The van der Waals surface area contributed by atoms with Gasteiger partial charge >= 0.3 is 0 Å². The number of azide groups is 1. The van der Waals surface area contributed by atoms with Gasteiger partial charge < -0.3 is 0 Å². The molecule has 0 aliphatic carbocycles. The molecule has 0 unspecified atom stereocenters. The summed E-state index contributed by atoms with van der Waals surface area (Å²) in [5, 5.41) is 7.04. The summed E-state index contributed by atoms with van der Waals surface area (Å²) in [6, 6.07) is 6.71. The SMILES string of the molecule is [N-]=[N+]=NC(N=[N+]=[N-])c1ccccc1Cl. The van der Waals surface area contributed by atoms with Crippen LogP contribution >= 0.6 is 11.6 Å². The summed E-state index contributed by atoms with van der Waals surface area (Å²) < 4.78 is 0. The highest BCUT2D eigenvalue weighted by Gasteiger charge is 2.09. The van der Waals surface area contributed by atoms with Gasteiger partial charge in [0.15, 0.2) is 0 Å². The second-order valence-electron chi connectivity index (χ2n) is 2.31. The van der Waals surface area contributed by atoms with Gasteiger partial charge in [0.05, 0.1) is 0 Å². The minimum atomic E-state index is -0.932. The molecule has 7 heteroatoms. The third-order valence-electron chi connectivity index (χ3n) is 1.51. The van der Waals surface area contributed by atoms with Crippen LogP contribution in [0.1, 0.15) is 11.7 Å². The Labute approximate surface area is 84.4 Å². The maximum Gasteiger partial charge on any atom is 0.142 e. The van der Waals surface area contributed by atoms with Crippen LogP contribution in [0.15, 0.2) is 34.5 Å². The van der Waals surface area contributed by atoms with E-state index in [1.807, 2.05) is 0 Å². The molecule has 70 valence electrons. The highest BCUT2D eigenvalue weighted by molar-refractivity contribution is 6.31. The van der Waals surface area contributed by atoms with Gasteiger partial charge in [-0.05, 0) is 22.7 Å². The second-order valence-corrected chi connectivity index (χ2v) is 2.71. The van der Waals surface area contributed by atoms with Crippen molar-refractivity contribution < 1.29 is 0 Å². The minimum absolute atomic E-state index is 0.400. The molecule has 0 saturated heterocycles. The fourth-order valence-electron chi connectivity index (χ4n) is 0.930. The van der Waals surface area contributed by atoms with Gasteiger partial charge in [0, 0.05) is 14.8 Å². The number of rotatable bonds is 3. The minimum Gasteiger partial charge on any atom is -0.0840 e. The Hall–Kier alpha value is -1.87. The van der Waals surface area contributed by atoms with Crippen molar-refractivity contribution in [2.24, 2.45) is 10.2 Å². The van der Waals surface area contributed by atoms with Crippen LogP contribution in [-0.4, -0.2) is 0 Å². The molecule has 0 N–H and O–H groups in total. The predicted octanol–water partition coefficient (Wildman–Crippen LogP) is 3.96. The van der Waals surface area contributed by atoms with E-state index in [-0.39, 0.29) is 0 Å². The normalized spacial score (nSPS) is 10.9. The predicted molar refractivity (Wildman–Crippen MR) is 52.5 cm³/mol. The first-order valence-electron chi connectivity index (χ1n) is 3.62. The molecular weight excluding hydrogens is 204 g/mol. The van der Waals surface area contributed by atoms with E-state index < -0.39 is 6.17 Å². The quantitative estimate of drug-likeness (QED) is 0.408. The summed E-state index contributed by atoms with van der Waals surface area (Å²) in [6.45, 7) is 0. The van der Waals surface area contributed by atoms with Crippen LogP contribution in [0.25, 0.3) is 20.9 Å². The Morgan fingerprint density at radius 3 is 2.21 bits per heavy atom. The van der Waals surface area contributed by atoms with Crippen LogP contribution in [0.5, 0.6) is 0 Å². The van der Waals surface area contributed by atoms with Crippen molar-refractivity contribution in [3.8, 4) is 0 Å². The van der Waals surface area contributed by atoms with E-state index in [0.717, 1.165) is 0 Å². The number of nitrogens with zero attached hydrogens (tertiary/aromatic N) is 6. The summed E-state index contributed by atoms with van der Waals surface area (Å²) in [7, 11) is 0. The lowest BCUT2D eigenvalue weighted by molar-refractivity contribution is 0.757. The number of halogens is 1. The zero-order valence-electron chi connectivity index (χ0n) is 6.95. The molecule has 0 spiro atoms. The molecule has 0 fully saturated rings. The van der Waals surface area contributed by atoms with Crippen molar-refractivity contribution in [2.45, 2.75) is 6.17 Å². The van der Waals surface area contributed by atoms with E-state index in [1.54, 1.807) is 24.3 Å². The van der Waals surface area contributed by atoms with Gasteiger partial charge in [-0.3, -0.25) is 0 Å². The molecule has 0 aliphatic rings. The van der Waals surface area contributed by atoms with Crippen molar-refractivity contribution in [1.82, 2.24) is 0 Å². The highest BCUT2D eigenvalue weighted by Crippen LogP contribution is 2.26. The molecule has 0 aliphatic heterocycles. The molecule has 1 rings (SSSR count). The molecule has 0 amide bonds. The summed E-state index contributed by atoms with van der Waals surface area (Å²) in [5.41, 5.74) is 17.0. The Kier molecular flexibility index (Phi) is 3.64. The van der Waals surface area contributed by atoms with Crippen LogP contribution in [0.3, 0.4) is 0 Å². The average molecular weight is 209 g/mol. The fraction of sp³-hybridized carbons (Fsp3) is 0.143. The van der Waals surface area contributed by atoms with E-state index >= 15 is 0 Å². The molecular formula is C7H5ClN6. The summed E-state index contributed by atoms with van der Waals surface area (Å²) in [5.74, 6) is 0. The first kappa shape index (κ1) is 10.2. The van der Waals surface area contributed by atoms with Gasteiger partial charge in [0.2, 0.25) is 0 Å². The van der Waals surface area contributed by atoms with E-state index in [1.165, 1.54) is 0 Å². The lowest BCUT2D eigenvalue weighted by atomic mass is 10.2. The Morgan fingerprint density at radius 1 is 1.14 bits per heavy atom. The molecule has 0 radical (unpaired) electrons. The number of hydrogen-bond donors (Lipinski definition) is 0. The van der Waals surface area contributed by atoms with Crippen LogP contribution < -0.4 is 0 Å². The van der Waals surface area contributed by atoms with Gasteiger partial charge in [-0.1, -0.05) is 40.0 Å². The number of hydrogen-bond acceptors (Lipinski definition) is 2. The Morgan fingerprint density at radius 2 is 1.71 bits per heavy atom. The van der Waals surface area contributed by atoms with Crippen molar-refractivity contribution in [3.63, 3.8) is 0 Å². The van der Waals surface area contributed by atoms with Crippen molar-refractivity contribution in [1.29, 1.82) is 0 Å². The van der Waals surface area contributed by atoms with Gasteiger partial charge in [-0.2, -0.15) is 0 Å². The van der Waals surface area contributed by atoms with Gasteiger partial charge in [0.25, 0.3) is 0 Å². The molecule has 0 saturated carbocycles. The Bertz CT molecular complexity index is 400. The molecule has 6 nitrogen and oxygen atoms in total. The molecule has 0 atom stereocenters. The summed E-state index contributed by atoms with van der Waals surface area (Å²) >= 11 is 5.82. The molecule has 0 bridgehead atoms. The first-order valence-corrected chi connectivity index (χ1v) is 4.00. The van der Waals surface area contributed by atoms with Crippen LogP contribution in [0.4, 0.5) is 0 Å². The first-order chi connectivity index (χ1) is 6.79. The van der Waals surface area contributed by atoms with Gasteiger partial charge in [-0.15, -0.1) is 0 Å². The maximum atomic E-state index is 8.25. The van der Waals surface area contributed by atoms with E-state index in [4.69, 9.17) is 22.7 Å². The zero-order chi connectivity index (χ0) is 10.4. The molecule has 1 aromatic rings.